The molecule has 0 aromatic carbocycles. The molecule has 100 valence electrons. The third kappa shape index (κ3) is 10.0. The van der Waals surface area contributed by atoms with Crippen LogP contribution in [-0.2, 0) is 9.53 Å². The smallest absolute Gasteiger partial charge is 0.333 e. The van der Waals surface area contributed by atoms with Crippen LogP contribution in [0.1, 0.15) is 40.5 Å². The van der Waals surface area contributed by atoms with Crippen LogP contribution in [0, 0.1) is 0 Å². The van der Waals surface area contributed by atoms with Crippen LogP contribution in [0.15, 0.2) is 12.2 Å². The molecule has 0 spiro atoms. The van der Waals surface area contributed by atoms with E-state index in [1.54, 1.807) is 6.92 Å². The summed E-state index contributed by atoms with van der Waals surface area (Å²) in [6.07, 6.45) is 0.871. The van der Waals surface area contributed by atoms with Gasteiger partial charge in [0.25, 0.3) is 0 Å². The number of carbonyl (C=O) groups excluding carboxylic acids is 1. The molecule has 0 aromatic rings. The standard InChI is InChI=1S/C13H25NO3/c1-10(2)12(16)17-9-11(15)7-6-8-14-13(3,4)5/h11,14-15H,1,6-9H2,2-5H3. The Morgan fingerprint density at radius 3 is 2.53 bits per heavy atom. The summed E-state index contributed by atoms with van der Waals surface area (Å²) >= 11 is 0. The molecular weight excluding hydrogens is 218 g/mol. The molecule has 0 saturated carbocycles. The Morgan fingerprint density at radius 2 is 2.06 bits per heavy atom. The van der Waals surface area contributed by atoms with E-state index in [1.165, 1.54) is 0 Å². The average Bonchev–Trinajstić information content (AvgIpc) is 2.19. The second-order valence-corrected chi connectivity index (χ2v) is 5.35. The summed E-state index contributed by atoms with van der Waals surface area (Å²) in [5.41, 5.74) is 0.448. The highest BCUT2D eigenvalue weighted by molar-refractivity contribution is 5.86. The van der Waals surface area contributed by atoms with Crippen LogP contribution in [-0.4, -0.2) is 35.9 Å². The Labute approximate surface area is 104 Å². The third-order valence-electron chi connectivity index (χ3n) is 2.12. The quantitative estimate of drug-likeness (QED) is 0.405. The summed E-state index contributed by atoms with van der Waals surface area (Å²) in [7, 11) is 0. The van der Waals surface area contributed by atoms with Crippen molar-refractivity contribution in [3.63, 3.8) is 0 Å². The lowest BCUT2D eigenvalue weighted by atomic mass is 10.1. The van der Waals surface area contributed by atoms with Crippen molar-refractivity contribution in [1.82, 2.24) is 5.32 Å². The van der Waals surface area contributed by atoms with E-state index >= 15 is 0 Å². The summed E-state index contributed by atoms with van der Waals surface area (Å²) in [5, 5.41) is 12.9. The first kappa shape index (κ1) is 16.1. The van der Waals surface area contributed by atoms with Gasteiger partial charge in [0.05, 0.1) is 6.10 Å². The minimum atomic E-state index is -0.597. The number of aliphatic hydroxyl groups excluding tert-OH is 1. The highest BCUT2D eigenvalue weighted by Crippen LogP contribution is 2.02. The molecule has 0 saturated heterocycles. The van der Waals surface area contributed by atoms with Crippen molar-refractivity contribution >= 4 is 5.97 Å². The molecule has 0 aliphatic heterocycles. The molecular formula is C13H25NO3. The van der Waals surface area contributed by atoms with E-state index in [0.29, 0.717) is 12.0 Å². The maximum Gasteiger partial charge on any atom is 0.333 e. The number of hydrogen-bond donors (Lipinski definition) is 2. The van der Waals surface area contributed by atoms with Crippen molar-refractivity contribution in [2.45, 2.75) is 52.2 Å². The number of hydrogen-bond acceptors (Lipinski definition) is 4. The fourth-order valence-corrected chi connectivity index (χ4v) is 1.18. The highest BCUT2D eigenvalue weighted by atomic mass is 16.5. The monoisotopic (exact) mass is 243 g/mol. The van der Waals surface area contributed by atoms with Gasteiger partial charge in [0.2, 0.25) is 0 Å². The third-order valence-corrected chi connectivity index (χ3v) is 2.12. The first-order chi connectivity index (χ1) is 7.72. The van der Waals surface area contributed by atoms with Crippen LogP contribution in [0.5, 0.6) is 0 Å². The minimum absolute atomic E-state index is 0.0429. The number of rotatable bonds is 7. The van der Waals surface area contributed by atoms with E-state index in [-0.39, 0.29) is 12.1 Å². The summed E-state index contributed by atoms with van der Waals surface area (Å²) in [4.78, 5) is 11.1. The van der Waals surface area contributed by atoms with Gasteiger partial charge in [-0.15, -0.1) is 0 Å². The van der Waals surface area contributed by atoms with Gasteiger partial charge in [0.15, 0.2) is 0 Å². The predicted octanol–water partition coefficient (Wildman–Crippen LogP) is 1.63. The SMILES string of the molecule is C=C(C)C(=O)OCC(O)CCCNC(C)(C)C. The maximum atomic E-state index is 11.1. The Kier molecular flexibility index (Phi) is 7.07. The van der Waals surface area contributed by atoms with Gasteiger partial charge in [-0.1, -0.05) is 6.58 Å². The van der Waals surface area contributed by atoms with Crippen molar-refractivity contribution < 1.29 is 14.6 Å². The molecule has 0 heterocycles. The predicted molar refractivity (Wildman–Crippen MR) is 68.8 cm³/mol. The lowest BCUT2D eigenvalue weighted by molar-refractivity contribution is -0.142. The van der Waals surface area contributed by atoms with Crippen LogP contribution >= 0.6 is 0 Å². The van der Waals surface area contributed by atoms with Crippen LogP contribution < -0.4 is 5.32 Å². The zero-order chi connectivity index (χ0) is 13.5. The van der Waals surface area contributed by atoms with Crippen LogP contribution in [0.25, 0.3) is 0 Å². The van der Waals surface area contributed by atoms with Crippen LogP contribution in [0.2, 0.25) is 0 Å². The van der Waals surface area contributed by atoms with E-state index in [4.69, 9.17) is 4.74 Å². The van der Waals surface area contributed by atoms with E-state index in [9.17, 15) is 9.90 Å². The number of aliphatic hydroxyl groups is 1. The highest BCUT2D eigenvalue weighted by Gasteiger charge is 2.11. The van der Waals surface area contributed by atoms with E-state index in [1.807, 2.05) is 0 Å². The summed E-state index contributed by atoms with van der Waals surface area (Å²) in [5.74, 6) is -0.447. The Morgan fingerprint density at radius 1 is 1.47 bits per heavy atom. The van der Waals surface area contributed by atoms with Gasteiger partial charge in [0, 0.05) is 11.1 Å². The molecule has 0 aromatic heterocycles. The van der Waals surface area contributed by atoms with Crippen LogP contribution in [0.3, 0.4) is 0 Å². The lowest BCUT2D eigenvalue weighted by Crippen LogP contribution is -2.36. The lowest BCUT2D eigenvalue weighted by Gasteiger charge is -2.20. The van der Waals surface area contributed by atoms with Crippen LogP contribution in [0.4, 0.5) is 0 Å². The molecule has 1 atom stereocenters. The van der Waals surface area contributed by atoms with E-state index in [0.717, 1.165) is 13.0 Å². The molecule has 0 amide bonds. The molecule has 2 N–H and O–H groups in total. The molecule has 1 unspecified atom stereocenters. The fourth-order valence-electron chi connectivity index (χ4n) is 1.18. The maximum absolute atomic E-state index is 11.1. The topological polar surface area (TPSA) is 58.6 Å². The molecule has 4 nitrogen and oxygen atoms in total. The van der Waals surface area contributed by atoms with Crippen molar-refractivity contribution in [3.05, 3.63) is 12.2 Å². The number of esters is 1. The first-order valence-corrected chi connectivity index (χ1v) is 5.98. The fraction of sp³-hybridized carbons (Fsp3) is 0.769. The van der Waals surface area contributed by atoms with Gasteiger partial charge in [-0.3, -0.25) is 0 Å². The van der Waals surface area contributed by atoms with E-state index in [2.05, 4.69) is 32.7 Å². The zero-order valence-corrected chi connectivity index (χ0v) is 11.4. The van der Waals surface area contributed by atoms with Gasteiger partial charge in [-0.2, -0.15) is 0 Å². The normalized spacial score (nSPS) is 13.2. The minimum Gasteiger partial charge on any atom is -0.460 e. The van der Waals surface area contributed by atoms with E-state index < -0.39 is 12.1 Å². The molecule has 17 heavy (non-hydrogen) atoms. The second-order valence-electron chi connectivity index (χ2n) is 5.35. The summed E-state index contributed by atoms with van der Waals surface area (Å²) in [6.45, 7) is 12.2. The Bertz CT molecular complexity index is 256. The first-order valence-electron chi connectivity index (χ1n) is 5.98. The molecule has 0 radical (unpaired) electrons. The molecule has 0 aliphatic carbocycles. The molecule has 0 fully saturated rings. The van der Waals surface area contributed by atoms with Gasteiger partial charge in [-0.05, 0) is 47.1 Å². The Hall–Kier alpha value is -0.870. The number of nitrogens with one attached hydrogen (secondary N) is 1. The van der Waals surface area contributed by atoms with Gasteiger partial charge in [-0.25, -0.2) is 4.79 Å². The van der Waals surface area contributed by atoms with Crippen molar-refractivity contribution in [2.75, 3.05) is 13.2 Å². The molecule has 0 bridgehead atoms. The average molecular weight is 243 g/mol. The molecule has 4 heteroatoms. The number of ether oxygens (including phenoxy) is 1. The van der Waals surface area contributed by atoms with Crippen molar-refractivity contribution in [2.24, 2.45) is 0 Å². The molecule has 0 rings (SSSR count). The largest absolute Gasteiger partial charge is 0.460 e. The molecule has 0 aliphatic rings. The summed E-state index contributed by atoms with van der Waals surface area (Å²) < 4.78 is 4.85. The second kappa shape index (κ2) is 7.45. The van der Waals surface area contributed by atoms with Crippen molar-refractivity contribution in [1.29, 1.82) is 0 Å². The van der Waals surface area contributed by atoms with Crippen molar-refractivity contribution in [3.8, 4) is 0 Å². The Balaban J connectivity index is 3.57. The van der Waals surface area contributed by atoms with Gasteiger partial charge < -0.3 is 15.2 Å². The summed E-state index contributed by atoms with van der Waals surface area (Å²) in [6, 6.07) is 0. The van der Waals surface area contributed by atoms with Gasteiger partial charge >= 0.3 is 5.97 Å². The van der Waals surface area contributed by atoms with Gasteiger partial charge in [0.1, 0.15) is 6.61 Å². The number of carbonyl (C=O) groups is 1. The zero-order valence-electron chi connectivity index (χ0n) is 11.4.